The monoisotopic (exact) mass is 1730 g/mol. The maximum atomic E-state index is 13.7. The Morgan fingerprint density at radius 3 is 0.613 bits per heavy atom. The van der Waals surface area contributed by atoms with Gasteiger partial charge in [-0.2, -0.15) is 0 Å². The summed E-state index contributed by atoms with van der Waals surface area (Å²) >= 11 is 0. The summed E-state index contributed by atoms with van der Waals surface area (Å²) in [5.74, 6) is -0.629. The van der Waals surface area contributed by atoms with Crippen LogP contribution in [-0.2, 0) is 166 Å². The molecule has 0 aliphatic rings. The van der Waals surface area contributed by atoms with Gasteiger partial charge >= 0.3 is 5.97 Å². The number of rotatable bonds is 104. The second-order valence-corrected chi connectivity index (χ2v) is 27.1. The number of hydrogen-bond donors (Lipinski definition) is 2. The predicted octanol–water partition coefficient (Wildman–Crippen LogP) is 3.66. The molecule has 0 aliphatic carbocycles. The first-order valence-electron chi connectivity index (χ1n) is 42.9. The first-order chi connectivity index (χ1) is 58.4. The number of amides is 1. The van der Waals surface area contributed by atoms with E-state index in [9.17, 15) is 24.0 Å². The smallest absolute Gasteiger partial charge is 0.308 e. The molecule has 0 rings (SSSR count). The van der Waals surface area contributed by atoms with E-state index in [2.05, 4.69) is 5.32 Å². The van der Waals surface area contributed by atoms with Crippen molar-refractivity contribution in [1.82, 2.24) is 5.32 Å². The van der Waals surface area contributed by atoms with Crippen LogP contribution >= 0.6 is 0 Å². The Morgan fingerprint density at radius 1 is 0.218 bits per heavy atom. The average Bonchev–Trinajstić information content (AvgIpc) is 0.854. The summed E-state index contributed by atoms with van der Waals surface area (Å²) in [6.07, 6.45) is 3.34. The molecule has 3 N–H and O–H groups in total. The Kier molecular flexibility index (Phi) is 92.8. The molecule has 0 fully saturated rings. The van der Waals surface area contributed by atoms with Crippen molar-refractivity contribution in [3.63, 3.8) is 0 Å². The molecule has 0 aromatic carbocycles. The van der Waals surface area contributed by atoms with Crippen LogP contribution < -0.4 is 11.1 Å². The number of ketones is 3. The molecule has 0 spiro atoms. The summed E-state index contributed by atoms with van der Waals surface area (Å²) in [7, 11) is 0. The third kappa shape index (κ3) is 95.3. The first-order valence-corrected chi connectivity index (χ1v) is 42.9. The van der Waals surface area contributed by atoms with Gasteiger partial charge in [0.05, 0.1) is 357 Å². The van der Waals surface area contributed by atoms with Crippen molar-refractivity contribution in [1.29, 1.82) is 0 Å². The second kappa shape index (κ2) is 95.4. The summed E-state index contributed by atoms with van der Waals surface area (Å²) < 4.78 is 167. The molecule has 0 atom stereocenters. The maximum absolute atomic E-state index is 13.7. The molecule has 0 aromatic heterocycles. The van der Waals surface area contributed by atoms with Gasteiger partial charge in [-0.1, -0.05) is 0 Å². The number of nitrogens with one attached hydrogen (secondary N) is 1. The molecule has 0 unspecified atom stereocenters. The molecule has 37 nitrogen and oxygen atoms in total. The Hall–Kier alpha value is -3.25. The molecular formula is C82H158N2O35. The second-order valence-electron chi connectivity index (χ2n) is 27.1. The van der Waals surface area contributed by atoms with Crippen LogP contribution in [0.5, 0.6) is 0 Å². The molecule has 0 saturated heterocycles. The van der Waals surface area contributed by atoms with Gasteiger partial charge in [0.15, 0.2) is 0 Å². The van der Waals surface area contributed by atoms with E-state index in [0.29, 0.717) is 362 Å². The van der Waals surface area contributed by atoms with Crippen LogP contribution in [0.3, 0.4) is 0 Å². The molecule has 0 aliphatic heterocycles. The average molecular weight is 1730 g/mol. The SMILES string of the molecule is CCOCCCC(=O)CCOCC(COCCC(=O)CCCOCC)(COCCC(=O)CCCOCCOCCOCCOCCOCCOCCOCCOCCOCCOCCOCCOCCC(=O)OC(C)(C)C)NC(=O)CCOCCOCCOCCOCCOCCOCCOCCOCCOCCOCCOCCOCCN. The van der Waals surface area contributed by atoms with Gasteiger partial charge in [0, 0.05) is 84.5 Å². The lowest BCUT2D eigenvalue weighted by atomic mass is 10.0. The van der Waals surface area contributed by atoms with E-state index < -0.39 is 11.1 Å². The predicted molar refractivity (Wildman–Crippen MR) is 437 cm³/mol. The lowest BCUT2D eigenvalue weighted by Crippen LogP contribution is -2.59. The highest BCUT2D eigenvalue weighted by Gasteiger charge is 2.34. The minimum Gasteiger partial charge on any atom is -0.460 e. The first kappa shape index (κ1) is 116. The van der Waals surface area contributed by atoms with Crippen LogP contribution in [0, 0.1) is 0 Å². The van der Waals surface area contributed by atoms with Crippen LogP contribution in [-0.4, -0.2) is 430 Å². The summed E-state index contributed by atoms with van der Waals surface area (Å²) in [6.45, 7) is 32.3. The van der Waals surface area contributed by atoms with E-state index in [1.807, 2.05) is 34.6 Å². The third-order valence-electron chi connectivity index (χ3n) is 15.5. The number of esters is 1. The molecule has 0 bridgehead atoms. The van der Waals surface area contributed by atoms with E-state index in [1.54, 1.807) is 0 Å². The zero-order valence-corrected chi connectivity index (χ0v) is 73.4. The number of carbonyl (C=O) groups is 5. The summed E-state index contributed by atoms with van der Waals surface area (Å²) in [5, 5.41) is 3.05. The van der Waals surface area contributed by atoms with Crippen LogP contribution in [0.2, 0.25) is 0 Å². The molecule has 1 amide bonds. The van der Waals surface area contributed by atoms with E-state index in [0.717, 1.165) is 0 Å². The van der Waals surface area contributed by atoms with E-state index >= 15 is 0 Å². The Morgan fingerprint density at radius 2 is 0.403 bits per heavy atom. The van der Waals surface area contributed by atoms with Crippen LogP contribution in [0.4, 0.5) is 0 Å². The fraction of sp³-hybridized carbons (Fsp3) is 0.939. The highest BCUT2D eigenvalue weighted by atomic mass is 16.6. The lowest BCUT2D eigenvalue weighted by Gasteiger charge is -2.34. The van der Waals surface area contributed by atoms with E-state index in [4.69, 9.17) is 148 Å². The highest BCUT2D eigenvalue weighted by molar-refractivity contribution is 5.79. The van der Waals surface area contributed by atoms with Crippen LogP contribution in [0.25, 0.3) is 0 Å². The van der Waals surface area contributed by atoms with Gasteiger partial charge in [0.25, 0.3) is 0 Å². The van der Waals surface area contributed by atoms with Crippen LogP contribution in [0.1, 0.15) is 105 Å². The van der Waals surface area contributed by atoms with Gasteiger partial charge in [-0.3, -0.25) is 24.0 Å². The summed E-state index contributed by atoms with van der Waals surface area (Å²) in [6, 6.07) is 0. The third-order valence-corrected chi connectivity index (χ3v) is 15.5. The standard InChI is InChI=1S/C82H158N2O35/c1-6-90-20-8-11-76(85)14-23-116-73-82(74-117-24-15-77(86)12-9-21-91-7-2,84-79(88)17-26-93-30-34-97-38-42-101-46-50-105-54-58-109-62-66-113-71-72-115-68-64-111-60-56-107-52-48-103-44-40-99-36-32-95-28-19-83)75-118-25-16-78(87)13-10-22-92-29-33-96-37-41-100-45-49-104-53-57-108-61-65-112-69-70-114-67-63-110-59-55-106-51-47-102-43-39-98-35-31-94-27-18-80(89)119-81(3,4)5/h6-75,83H2,1-5H3,(H,84,88). The topological polar surface area (TPSA) is 400 Å². The Bertz CT molecular complexity index is 2100. The van der Waals surface area contributed by atoms with Gasteiger partial charge in [-0.25, -0.2) is 0 Å². The van der Waals surface area contributed by atoms with Gasteiger partial charge in [0.2, 0.25) is 5.91 Å². The zero-order valence-electron chi connectivity index (χ0n) is 73.4. The number of carbonyl (C=O) groups excluding carboxylic acids is 5. The van der Waals surface area contributed by atoms with Crippen molar-refractivity contribution >= 4 is 29.2 Å². The fourth-order valence-corrected chi connectivity index (χ4v) is 9.57. The minimum atomic E-state index is -1.25. The Labute approximate surface area is 709 Å². The van der Waals surface area contributed by atoms with Gasteiger partial charge in [-0.05, 0) is 53.9 Å². The fourth-order valence-electron chi connectivity index (χ4n) is 9.57. The maximum Gasteiger partial charge on any atom is 0.308 e. The van der Waals surface area contributed by atoms with Crippen molar-refractivity contribution in [2.75, 3.05) is 390 Å². The largest absolute Gasteiger partial charge is 0.460 e. The van der Waals surface area contributed by atoms with Gasteiger partial charge in [-0.15, -0.1) is 0 Å². The molecule has 706 valence electrons. The summed E-state index contributed by atoms with van der Waals surface area (Å²) in [4.78, 5) is 63.7. The minimum absolute atomic E-state index is 0.0108. The molecule has 0 saturated carbocycles. The number of hydrogen-bond acceptors (Lipinski definition) is 36. The molecular weight excluding hydrogens is 1570 g/mol. The van der Waals surface area contributed by atoms with E-state index in [1.165, 1.54) is 0 Å². The van der Waals surface area contributed by atoms with Crippen molar-refractivity contribution in [3.8, 4) is 0 Å². The Balaban J connectivity index is 4.32. The van der Waals surface area contributed by atoms with Gasteiger partial charge in [0.1, 0.15) is 28.5 Å². The normalized spacial score (nSPS) is 11.9. The van der Waals surface area contributed by atoms with Crippen molar-refractivity contribution in [3.05, 3.63) is 0 Å². The molecule has 119 heavy (non-hydrogen) atoms. The van der Waals surface area contributed by atoms with Crippen molar-refractivity contribution < 1.29 is 166 Å². The van der Waals surface area contributed by atoms with Crippen molar-refractivity contribution in [2.24, 2.45) is 5.73 Å². The lowest BCUT2D eigenvalue weighted by molar-refractivity contribution is -0.156. The zero-order chi connectivity index (χ0) is 86.3. The van der Waals surface area contributed by atoms with Crippen molar-refractivity contribution in [2.45, 2.75) is 116 Å². The molecule has 0 aromatic rings. The quantitative estimate of drug-likeness (QED) is 0.0648. The molecule has 0 radical (unpaired) electrons. The number of ether oxygens (including phenoxy) is 30. The van der Waals surface area contributed by atoms with Gasteiger partial charge < -0.3 is 153 Å². The molecule has 0 heterocycles. The van der Waals surface area contributed by atoms with Crippen LogP contribution in [0.15, 0.2) is 0 Å². The summed E-state index contributed by atoms with van der Waals surface area (Å²) in [5.41, 5.74) is 3.62. The number of Topliss-reactive ketones (excluding diaryl/α,β-unsaturated/α-hetero) is 3. The number of nitrogens with two attached hydrogens (primary N) is 1. The highest BCUT2D eigenvalue weighted by Crippen LogP contribution is 2.14. The molecule has 37 heteroatoms. The van der Waals surface area contributed by atoms with E-state index in [-0.39, 0.29) is 127 Å².